The Kier molecular flexibility index (Phi) is 5.31. The van der Waals surface area contributed by atoms with Gasteiger partial charge < -0.3 is 10.6 Å². The minimum Gasteiger partial charge on any atom is -0.325 e. The summed E-state index contributed by atoms with van der Waals surface area (Å²) in [5.74, 6) is -0.509. The summed E-state index contributed by atoms with van der Waals surface area (Å²) >= 11 is 5.83. The molecular formula is C16H16ClFN2O. The minimum absolute atomic E-state index is 0.0289. The summed E-state index contributed by atoms with van der Waals surface area (Å²) in [6.07, 6.45) is 0. The highest BCUT2D eigenvalue weighted by Gasteiger charge is 2.08. The quantitative estimate of drug-likeness (QED) is 0.883. The van der Waals surface area contributed by atoms with Crippen LogP contribution in [-0.2, 0) is 4.79 Å². The van der Waals surface area contributed by atoms with Crippen molar-refractivity contribution >= 4 is 23.2 Å². The zero-order chi connectivity index (χ0) is 15.2. The van der Waals surface area contributed by atoms with Crippen LogP contribution in [0.3, 0.4) is 0 Å². The minimum atomic E-state index is -0.331. The van der Waals surface area contributed by atoms with E-state index in [-0.39, 0.29) is 24.3 Å². The molecule has 5 heteroatoms. The Morgan fingerprint density at radius 3 is 2.38 bits per heavy atom. The number of benzene rings is 2. The van der Waals surface area contributed by atoms with Crippen molar-refractivity contribution < 1.29 is 9.18 Å². The normalized spacial score (nSPS) is 12.0. The van der Waals surface area contributed by atoms with Gasteiger partial charge in [-0.3, -0.25) is 4.79 Å². The number of hydrogen-bond donors (Lipinski definition) is 2. The van der Waals surface area contributed by atoms with Crippen molar-refractivity contribution in [1.82, 2.24) is 5.32 Å². The van der Waals surface area contributed by atoms with Crippen molar-refractivity contribution in [3.8, 4) is 0 Å². The molecule has 21 heavy (non-hydrogen) atoms. The molecule has 2 aromatic carbocycles. The summed E-state index contributed by atoms with van der Waals surface area (Å²) in [7, 11) is 0. The van der Waals surface area contributed by atoms with E-state index in [1.807, 2.05) is 31.2 Å². The summed E-state index contributed by atoms with van der Waals surface area (Å²) in [6, 6.07) is 13.1. The maximum atomic E-state index is 12.8. The second-order valence-electron chi connectivity index (χ2n) is 4.71. The standard InChI is InChI=1S/C16H16ClFN2O/c1-11(12-2-4-13(17)5-3-12)19-10-16(21)20-15-8-6-14(18)7-9-15/h2-9,11,19H,10H2,1H3,(H,20,21)/t11-/m0/s1. The molecule has 0 aromatic heterocycles. The van der Waals surface area contributed by atoms with Crippen LogP contribution in [0.15, 0.2) is 48.5 Å². The third-order valence-electron chi connectivity index (χ3n) is 3.07. The summed E-state index contributed by atoms with van der Waals surface area (Å²) < 4.78 is 12.8. The van der Waals surface area contributed by atoms with Gasteiger partial charge in [0.05, 0.1) is 6.54 Å². The maximum absolute atomic E-state index is 12.8. The van der Waals surface area contributed by atoms with E-state index in [9.17, 15) is 9.18 Å². The lowest BCUT2D eigenvalue weighted by atomic mass is 10.1. The molecule has 0 aliphatic rings. The number of carbonyl (C=O) groups excluding carboxylic acids is 1. The lowest BCUT2D eigenvalue weighted by Crippen LogP contribution is -2.30. The highest BCUT2D eigenvalue weighted by Crippen LogP contribution is 2.15. The summed E-state index contributed by atoms with van der Waals surface area (Å²) in [4.78, 5) is 11.8. The van der Waals surface area contributed by atoms with Gasteiger partial charge in [-0.05, 0) is 48.9 Å². The average Bonchev–Trinajstić information content (AvgIpc) is 2.48. The van der Waals surface area contributed by atoms with Gasteiger partial charge in [0.2, 0.25) is 5.91 Å². The van der Waals surface area contributed by atoms with Crippen LogP contribution < -0.4 is 10.6 Å². The molecule has 1 atom stereocenters. The van der Waals surface area contributed by atoms with Crippen LogP contribution in [0.4, 0.5) is 10.1 Å². The average molecular weight is 307 g/mol. The highest BCUT2D eigenvalue weighted by atomic mass is 35.5. The molecule has 2 N–H and O–H groups in total. The maximum Gasteiger partial charge on any atom is 0.238 e. The number of hydrogen-bond acceptors (Lipinski definition) is 2. The molecule has 110 valence electrons. The molecule has 2 aromatic rings. The van der Waals surface area contributed by atoms with Crippen LogP contribution in [0.1, 0.15) is 18.5 Å². The third kappa shape index (κ3) is 4.85. The van der Waals surface area contributed by atoms with Gasteiger partial charge in [-0.15, -0.1) is 0 Å². The number of nitrogens with one attached hydrogen (secondary N) is 2. The SMILES string of the molecule is C[C@H](NCC(=O)Nc1ccc(F)cc1)c1ccc(Cl)cc1. The topological polar surface area (TPSA) is 41.1 Å². The molecule has 3 nitrogen and oxygen atoms in total. The first-order valence-electron chi connectivity index (χ1n) is 6.59. The Hall–Kier alpha value is -1.91. The molecule has 0 aliphatic heterocycles. The predicted molar refractivity (Wildman–Crippen MR) is 82.9 cm³/mol. The Bertz CT molecular complexity index is 599. The Labute approximate surface area is 128 Å². The lowest BCUT2D eigenvalue weighted by molar-refractivity contribution is -0.115. The molecule has 0 radical (unpaired) electrons. The van der Waals surface area contributed by atoms with Crippen molar-refractivity contribution in [3.63, 3.8) is 0 Å². The molecule has 0 bridgehead atoms. The second-order valence-corrected chi connectivity index (χ2v) is 5.15. The van der Waals surface area contributed by atoms with E-state index in [0.29, 0.717) is 10.7 Å². The van der Waals surface area contributed by atoms with E-state index in [0.717, 1.165) is 5.56 Å². The van der Waals surface area contributed by atoms with Crippen molar-refractivity contribution in [2.24, 2.45) is 0 Å². The fraction of sp³-hybridized carbons (Fsp3) is 0.188. The molecule has 0 unspecified atom stereocenters. The lowest BCUT2D eigenvalue weighted by Gasteiger charge is -2.14. The van der Waals surface area contributed by atoms with E-state index in [1.54, 1.807) is 0 Å². The van der Waals surface area contributed by atoms with Crippen molar-refractivity contribution in [3.05, 3.63) is 64.9 Å². The monoisotopic (exact) mass is 306 g/mol. The zero-order valence-corrected chi connectivity index (χ0v) is 12.3. The largest absolute Gasteiger partial charge is 0.325 e. The molecule has 0 aliphatic carbocycles. The number of amides is 1. The smallest absolute Gasteiger partial charge is 0.238 e. The number of rotatable bonds is 5. The molecular weight excluding hydrogens is 291 g/mol. The predicted octanol–water partition coefficient (Wildman–Crippen LogP) is 3.77. The first kappa shape index (κ1) is 15.5. The van der Waals surface area contributed by atoms with Crippen LogP contribution in [0.2, 0.25) is 5.02 Å². The van der Waals surface area contributed by atoms with Crippen molar-refractivity contribution in [2.75, 3.05) is 11.9 Å². The molecule has 0 heterocycles. The molecule has 1 amide bonds. The Balaban J connectivity index is 1.83. The van der Waals surface area contributed by atoms with Gasteiger partial charge in [-0.2, -0.15) is 0 Å². The number of carbonyl (C=O) groups is 1. The number of halogens is 2. The van der Waals surface area contributed by atoms with Gasteiger partial charge in [-0.1, -0.05) is 23.7 Å². The van der Waals surface area contributed by atoms with Gasteiger partial charge in [0.15, 0.2) is 0 Å². The van der Waals surface area contributed by atoms with E-state index in [2.05, 4.69) is 10.6 Å². The summed E-state index contributed by atoms with van der Waals surface area (Å²) in [5.41, 5.74) is 1.62. The Morgan fingerprint density at radius 1 is 1.14 bits per heavy atom. The van der Waals surface area contributed by atoms with Crippen LogP contribution in [-0.4, -0.2) is 12.5 Å². The molecule has 2 rings (SSSR count). The van der Waals surface area contributed by atoms with Crippen molar-refractivity contribution in [1.29, 1.82) is 0 Å². The molecule has 0 saturated heterocycles. The summed E-state index contributed by atoms with van der Waals surface area (Å²) in [5, 5.41) is 6.50. The number of anilines is 1. The molecule has 0 saturated carbocycles. The first-order chi connectivity index (χ1) is 10.0. The third-order valence-corrected chi connectivity index (χ3v) is 3.32. The van der Waals surface area contributed by atoms with Gasteiger partial charge in [0, 0.05) is 16.8 Å². The summed E-state index contributed by atoms with van der Waals surface area (Å²) in [6.45, 7) is 2.13. The van der Waals surface area contributed by atoms with Gasteiger partial charge in [0.25, 0.3) is 0 Å². The first-order valence-corrected chi connectivity index (χ1v) is 6.96. The molecule has 0 fully saturated rings. The fourth-order valence-electron chi connectivity index (χ4n) is 1.85. The zero-order valence-electron chi connectivity index (χ0n) is 11.6. The van der Waals surface area contributed by atoms with E-state index in [4.69, 9.17) is 11.6 Å². The van der Waals surface area contributed by atoms with Gasteiger partial charge in [-0.25, -0.2) is 4.39 Å². The van der Waals surface area contributed by atoms with Gasteiger partial charge >= 0.3 is 0 Å². The van der Waals surface area contributed by atoms with Crippen LogP contribution in [0.25, 0.3) is 0 Å². The van der Waals surface area contributed by atoms with Crippen LogP contribution >= 0.6 is 11.6 Å². The molecule has 0 spiro atoms. The van der Waals surface area contributed by atoms with Gasteiger partial charge in [0.1, 0.15) is 5.82 Å². The van der Waals surface area contributed by atoms with E-state index in [1.165, 1.54) is 24.3 Å². The van der Waals surface area contributed by atoms with E-state index >= 15 is 0 Å². The van der Waals surface area contributed by atoms with Crippen molar-refractivity contribution in [2.45, 2.75) is 13.0 Å². The van der Waals surface area contributed by atoms with Crippen LogP contribution in [0, 0.1) is 5.82 Å². The highest BCUT2D eigenvalue weighted by molar-refractivity contribution is 6.30. The van der Waals surface area contributed by atoms with Crippen LogP contribution in [0.5, 0.6) is 0 Å². The Morgan fingerprint density at radius 2 is 1.76 bits per heavy atom. The fourth-order valence-corrected chi connectivity index (χ4v) is 1.98. The second kappa shape index (κ2) is 7.20. The van der Waals surface area contributed by atoms with E-state index < -0.39 is 0 Å².